The second-order valence-electron chi connectivity index (χ2n) is 4.75. The zero-order chi connectivity index (χ0) is 12.5. The van der Waals surface area contributed by atoms with Crippen LogP contribution < -0.4 is 0 Å². The third-order valence-electron chi connectivity index (χ3n) is 2.25. The van der Waals surface area contributed by atoms with Gasteiger partial charge in [-0.1, -0.05) is 32.4 Å². The summed E-state index contributed by atoms with van der Waals surface area (Å²) < 4.78 is 18.6. The van der Waals surface area contributed by atoms with Crippen molar-refractivity contribution in [3.05, 3.63) is 22.5 Å². The van der Waals surface area contributed by atoms with Crippen LogP contribution in [-0.2, 0) is 4.74 Å². The van der Waals surface area contributed by atoms with Gasteiger partial charge in [0, 0.05) is 7.11 Å². The highest BCUT2D eigenvalue weighted by Gasteiger charge is 2.29. The van der Waals surface area contributed by atoms with Gasteiger partial charge in [0.1, 0.15) is 6.10 Å². The molecule has 1 aromatic heterocycles. The molecule has 0 radical (unpaired) electrons. The van der Waals surface area contributed by atoms with Gasteiger partial charge >= 0.3 is 0 Å². The number of aryl methyl sites for hydroxylation is 1. The molecule has 0 N–H and O–H groups in total. The zero-order valence-electron chi connectivity index (χ0n) is 10.1. The third-order valence-corrected chi connectivity index (χ3v) is 2.50. The summed E-state index contributed by atoms with van der Waals surface area (Å²) in [5, 5.41) is -0.159. The van der Waals surface area contributed by atoms with Crippen molar-refractivity contribution in [1.82, 2.24) is 9.97 Å². The summed E-state index contributed by atoms with van der Waals surface area (Å²) >= 11 is 5.69. The van der Waals surface area contributed by atoms with E-state index < -0.39 is 5.82 Å². The smallest absolute Gasteiger partial charge is 0.181 e. The minimum atomic E-state index is -0.575. The second kappa shape index (κ2) is 4.63. The van der Waals surface area contributed by atoms with Crippen LogP contribution in [0.1, 0.15) is 38.4 Å². The van der Waals surface area contributed by atoms with E-state index in [2.05, 4.69) is 9.97 Å². The van der Waals surface area contributed by atoms with E-state index >= 15 is 0 Å². The van der Waals surface area contributed by atoms with Crippen molar-refractivity contribution in [3.63, 3.8) is 0 Å². The van der Waals surface area contributed by atoms with E-state index in [0.29, 0.717) is 5.82 Å². The topological polar surface area (TPSA) is 35.0 Å². The molecular weight excluding hydrogens is 231 g/mol. The number of halogens is 2. The first kappa shape index (κ1) is 13.3. The molecule has 1 atom stereocenters. The predicted octanol–water partition coefficient (Wildman–Crippen LogP) is 3.31. The first-order valence-electron chi connectivity index (χ1n) is 4.99. The minimum absolute atomic E-state index is 0.159. The Balaban J connectivity index is 3.22. The van der Waals surface area contributed by atoms with E-state index in [1.807, 2.05) is 20.8 Å². The van der Waals surface area contributed by atoms with Crippen LogP contribution in [0.15, 0.2) is 0 Å². The summed E-state index contributed by atoms with van der Waals surface area (Å²) in [6.45, 7) is 7.55. The molecule has 1 unspecified atom stereocenters. The van der Waals surface area contributed by atoms with Gasteiger partial charge in [-0.3, -0.25) is 0 Å². The number of ether oxygens (including phenoxy) is 1. The monoisotopic (exact) mass is 246 g/mol. The Bertz CT molecular complexity index is 367. The van der Waals surface area contributed by atoms with Crippen LogP contribution in [0, 0.1) is 18.2 Å². The summed E-state index contributed by atoms with van der Waals surface area (Å²) in [4.78, 5) is 8.00. The van der Waals surface area contributed by atoms with Gasteiger partial charge in [-0.15, -0.1) is 0 Å². The predicted molar refractivity (Wildman–Crippen MR) is 60.9 cm³/mol. The fraction of sp³-hybridized carbons (Fsp3) is 0.636. The summed E-state index contributed by atoms with van der Waals surface area (Å²) in [5.74, 6) is -0.159. The van der Waals surface area contributed by atoms with Crippen LogP contribution in [0.3, 0.4) is 0 Å². The van der Waals surface area contributed by atoms with Gasteiger partial charge in [0.2, 0.25) is 0 Å². The lowest BCUT2D eigenvalue weighted by molar-refractivity contribution is 0.00841. The van der Waals surface area contributed by atoms with Gasteiger partial charge in [0.25, 0.3) is 0 Å². The van der Waals surface area contributed by atoms with Gasteiger partial charge in [-0.2, -0.15) is 0 Å². The van der Waals surface area contributed by atoms with Crippen molar-refractivity contribution in [1.29, 1.82) is 0 Å². The van der Waals surface area contributed by atoms with Gasteiger partial charge in [0.15, 0.2) is 16.8 Å². The summed E-state index contributed by atoms with van der Waals surface area (Å²) in [5.41, 5.74) is 0.0591. The molecule has 0 amide bonds. The van der Waals surface area contributed by atoms with Crippen molar-refractivity contribution >= 4 is 11.6 Å². The number of hydrogen-bond donors (Lipinski definition) is 0. The molecule has 90 valence electrons. The number of methoxy groups -OCH3 is 1. The van der Waals surface area contributed by atoms with E-state index in [0.717, 1.165) is 0 Å². The Morgan fingerprint density at radius 3 is 2.25 bits per heavy atom. The molecule has 5 heteroatoms. The normalized spacial score (nSPS) is 13.9. The first-order chi connectivity index (χ1) is 7.27. The lowest BCUT2D eigenvalue weighted by Gasteiger charge is -2.28. The molecule has 16 heavy (non-hydrogen) atoms. The van der Waals surface area contributed by atoms with Crippen LogP contribution in [0.4, 0.5) is 4.39 Å². The summed E-state index contributed by atoms with van der Waals surface area (Å²) in [7, 11) is 1.58. The number of aromatic nitrogens is 2. The molecule has 0 aliphatic rings. The molecule has 0 fully saturated rings. The minimum Gasteiger partial charge on any atom is -0.373 e. The SMILES string of the molecule is COC(c1nc(C)c(F)c(Cl)n1)C(C)(C)C. The second-order valence-corrected chi connectivity index (χ2v) is 5.11. The molecule has 3 nitrogen and oxygen atoms in total. The summed E-state index contributed by atoms with van der Waals surface area (Å²) in [6, 6.07) is 0. The molecule has 0 aliphatic heterocycles. The Morgan fingerprint density at radius 1 is 1.31 bits per heavy atom. The molecule has 0 aromatic carbocycles. The maximum atomic E-state index is 13.3. The maximum absolute atomic E-state index is 13.3. The molecular formula is C11H16ClFN2O. The van der Waals surface area contributed by atoms with Gasteiger partial charge < -0.3 is 4.74 Å². The Morgan fingerprint density at radius 2 is 1.88 bits per heavy atom. The van der Waals surface area contributed by atoms with Crippen molar-refractivity contribution in [2.24, 2.45) is 5.41 Å². The van der Waals surface area contributed by atoms with E-state index in [1.165, 1.54) is 0 Å². The van der Waals surface area contributed by atoms with E-state index in [9.17, 15) is 4.39 Å². The number of rotatable bonds is 2. The van der Waals surface area contributed by atoms with Crippen molar-refractivity contribution in [2.75, 3.05) is 7.11 Å². The Kier molecular flexibility index (Phi) is 3.86. The molecule has 0 saturated heterocycles. The van der Waals surface area contributed by atoms with Crippen molar-refractivity contribution in [3.8, 4) is 0 Å². The molecule has 0 bridgehead atoms. The molecule has 0 aliphatic carbocycles. The quantitative estimate of drug-likeness (QED) is 0.751. The Hall–Kier alpha value is -0.740. The highest BCUT2D eigenvalue weighted by atomic mass is 35.5. The van der Waals surface area contributed by atoms with Gasteiger partial charge in [0.05, 0.1) is 5.69 Å². The van der Waals surface area contributed by atoms with Crippen molar-refractivity contribution < 1.29 is 9.13 Å². The average Bonchev–Trinajstić information content (AvgIpc) is 2.12. The largest absolute Gasteiger partial charge is 0.373 e. The van der Waals surface area contributed by atoms with Crippen LogP contribution >= 0.6 is 11.6 Å². The van der Waals surface area contributed by atoms with Crippen LogP contribution in [0.2, 0.25) is 5.15 Å². The molecule has 0 spiro atoms. The van der Waals surface area contributed by atoms with E-state index in [4.69, 9.17) is 16.3 Å². The lowest BCUT2D eigenvalue weighted by atomic mass is 9.88. The van der Waals surface area contributed by atoms with Crippen LogP contribution in [0.25, 0.3) is 0 Å². The lowest BCUT2D eigenvalue weighted by Crippen LogP contribution is -2.23. The standard InChI is InChI=1S/C11H16ClFN2O/c1-6-7(13)9(12)15-10(14-6)8(16-5)11(2,3)4/h8H,1-5H3. The zero-order valence-corrected chi connectivity index (χ0v) is 10.9. The van der Waals surface area contributed by atoms with Crippen LogP contribution in [-0.4, -0.2) is 17.1 Å². The molecule has 0 saturated carbocycles. The van der Waals surface area contributed by atoms with Gasteiger partial charge in [-0.25, -0.2) is 14.4 Å². The highest BCUT2D eigenvalue weighted by Crippen LogP contribution is 2.34. The van der Waals surface area contributed by atoms with E-state index in [1.54, 1.807) is 14.0 Å². The third kappa shape index (κ3) is 2.68. The fourth-order valence-corrected chi connectivity index (χ4v) is 1.73. The number of nitrogens with zero attached hydrogens (tertiary/aromatic N) is 2. The number of hydrogen-bond acceptors (Lipinski definition) is 3. The van der Waals surface area contributed by atoms with E-state index in [-0.39, 0.29) is 22.4 Å². The Labute approximate surface area is 100 Å². The average molecular weight is 247 g/mol. The molecule has 1 heterocycles. The fourth-order valence-electron chi connectivity index (χ4n) is 1.51. The molecule has 1 rings (SSSR count). The van der Waals surface area contributed by atoms with Gasteiger partial charge in [-0.05, 0) is 12.3 Å². The van der Waals surface area contributed by atoms with Crippen molar-refractivity contribution in [2.45, 2.75) is 33.8 Å². The van der Waals surface area contributed by atoms with Crippen LogP contribution in [0.5, 0.6) is 0 Å². The summed E-state index contributed by atoms with van der Waals surface area (Å²) in [6.07, 6.45) is -0.315. The highest BCUT2D eigenvalue weighted by molar-refractivity contribution is 6.29. The molecule has 1 aromatic rings. The maximum Gasteiger partial charge on any atom is 0.181 e. The first-order valence-corrected chi connectivity index (χ1v) is 5.37.